The number of benzene rings is 4. The van der Waals surface area contributed by atoms with Gasteiger partial charge >= 0.3 is 0 Å². The predicted octanol–water partition coefficient (Wildman–Crippen LogP) is 6.33. The molecule has 4 aromatic carbocycles. The standard InChI is InChI=1S/C30H30O4/c31-26-9-1-5-21(16-26)13-14-25(15-22-6-2-10-27(32)17-22)30(24-8-4-12-29(34)20-24)19-23-7-3-11-28(33)18-23/h1-12,16-18,20,25,30-34H,13-15,19H2/t25-,30+/m0/s1. The fourth-order valence-corrected chi connectivity index (χ4v) is 4.75. The number of phenolic OH excluding ortho intramolecular Hbond substituents is 4. The highest BCUT2D eigenvalue weighted by Gasteiger charge is 2.25. The smallest absolute Gasteiger partial charge is 0.115 e. The zero-order valence-corrected chi connectivity index (χ0v) is 19.0. The molecule has 4 heteroatoms. The van der Waals surface area contributed by atoms with Crippen molar-refractivity contribution in [2.24, 2.45) is 5.92 Å². The van der Waals surface area contributed by atoms with Crippen molar-refractivity contribution in [3.8, 4) is 23.0 Å². The largest absolute Gasteiger partial charge is 0.508 e. The van der Waals surface area contributed by atoms with Crippen LogP contribution >= 0.6 is 0 Å². The first-order valence-electron chi connectivity index (χ1n) is 11.6. The van der Waals surface area contributed by atoms with Gasteiger partial charge in [0, 0.05) is 0 Å². The van der Waals surface area contributed by atoms with Gasteiger partial charge in [0.2, 0.25) is 0 Å². The molecule has 4 N–H and O–H groups in total. The fourth-order valence-electron chi connectivity index (χ4n) is 4.75. The maximum atomic E-state index is 10.2. The molecule has 0 bridgehead atoms. The zero-order chi connectivity index (χ0) is 23.9. The van der Waals surface area contributed by atoms with Crippen molar-refractivity contribution in [3.05, 3.63) is 119 Å². The van der Waals surface area contributed by atoms with Gasteiger partial charge in [-0.3, -0.25) is 0 Å². The zero-order valence-electron chi connectivity index (χ0n) is 19.0. The molecule has 2 atom stereocenters. The number of aromatic hydroxyl groups is 4. The second-order valence-electron chi connectivity index (χ2n) is 8.92. The van der Waals surface area contributed by atoms with Crippen molar-refractivity contribution in [2.45, 2.75) is 31.6 Å². The molecule has 0 radical (unpaired) electrons. The molecule has 0 aliphatic carbocycles. The molecule has 0 aliphatic heterocycles. The second-order valence-corrected chi connectivity index (χ2v) is 8.92. The first-order chi connectivity index (χ1) is 16.5. The van der Waals surface area contributed by atoms with Crippen molar-refractivity contribution < 1.29 is 20.4 Å². The molecule has 0 fully saturated rings. The quantitative estimate of drug-likeness (QED) is 0.238. The van der Waals surface area contributed by atoms with E-state index in [9.17, 15) is 20.4 Å². The second kappa shape index (κ2) is 10.8. The molecule has 0 aliphatic rings. The van der Waals surface area contributed by atoms with Crippen molar-refractivity contribution >= 4 is 0 Å². The van der Waals surface area contributed by atoms with Gasteiger partial charge in [-0.05, 0) is 108 Å². The molecule has 4 rings (SSSR count). The van der Waals surface area contributed by atoms with Crippen molar-refractivity contribution in [3.63, 3.8) is 0 Å². The van der Waals surface area contributed by atoms with E-state index < -0.39 is 0 Å². The van der Waals surface area contributed by atoms with Gasteiger partial charge in [-0.25, -0.2) is 0 Å². The van der Waals surface area contributed by atoms with Crippen LogP contribution in [0.2, 0.25) is 0 Å². The molecular formula is C30H30O4. The van der Waals surface area contributed by atoms with E-state index in [-0.39, 0.29) is 34.8 Å². The Bertz CT molecular complexity index is 1230. The lowest BCUT2D eigenvalue weighted by molar-refractivity contribution is 0.385. The average molecular weight is 455 g/mol. The normalized spacial score (nSPS) is 12.8. The summed E-state index contributed by atoms with van der Waals surface area (Å²) in [6.45, 7) is 0. The molecule has 4 nitrogen and oxygen atoms in total. The molecule has 0 saturated heterocycles. The fraction of sp³-hybridized carbons (Fsp3) is 0.200. The van der Waals surface area contributed by atoms with Crippen LogP contribution in [0.5, 0.6) is 23.0 Å². The van der Waals surface area contributed by atoms with Crippen LogP contribution in [-0.4, -0.2) is 20.4 Å². The summed E-state index contributed by atoms with van der Waals surface area (Å²) in [5.74, 6) is 1.19. The Kier molecular flexibility index (Phi) is 7.38. The molecule has 0 heterocycles. The minimum absolute atomic E-state index is 0.0635. The third-order valence-corrected chi connectivity index (χ3v) is 6.36. The van der Waals surface area contributed by atoms with Gasteiger partial charge in [0.05, 0.1) is 0 Å². The van der Waals surface area contributed by atoms with Crippen LogP contribution in [0.15, 0.2) is 97.1 Å². The molecule has 4 aromatic rings. The van der Waals surface area contributed by atoms with E-state index >= 15 is 0 Å². The maximum absolute atomic E-state index is 10.2. The summed E-state index contributed by atoms with van der Waals surface area (Å²) in [6, 6.07) is 29.4. The van der Waals surface area contributed by atoms with Crippen molar-refractivity contribution in [1.82, 2.24) is 0 Å². The van der Waals surface area contributed by atoms with Crippen LogP contribution in [0.1, 0.15) is 34.6 Å². The number of aryl methyl sites for hydroxylation is 1. The maximum Gasteiger partial charge on any atom is 0.115 e. The van der Waals surface area contributed by atoms with Gasteiger partial charge in [0.1, 0.15) is 23.0 Å². The highest BCUT2D eigenvalue weighted by Crippen LogP contribution is 2.36. The van der Waals surface area contributed by atoms with E-state index in [1.165, 1.54) is 0 Å². The van der Waals surface area contributed by atoms with Gasteiger partial charge in [0.15, 0.2) is 0 Å². The van der Waals surface area contributed by atoms with Crippen LogP contribution in [-0.2, 0) is 19.3 Å². The van der Waals surface area contributed by atoms with Crippen LogP contribution in [0.4, 0.5) is 0 Å². The Labute approximate surface area is 200 Å². The van der Waals surface area contributed by atoms with Crippen LogP contribution < -0.4 is 0 Å². The molecule has 0 spiro atoms. The molecule has 0 amide bonds. The van der Waals surface area contributed by atoms with Crippen molar-refractivity contribution in [2.75, 3.05) is 0 Å². The summed E-state index contributed by atoms with van der Waals surface area (Å²) in [7, 11) is 0. The first-order valence-corrected chi connectivity index (χ1v) is 11.6. The molecular weight excluding hydrogens is 424 g/mol. The summed E-state index contributed by atoms with van der Waals surface area (Å²) in [6.07, 6.45) is 3.07. The number of hydrogen-bond donors (Lipinski definition) is 4. The summed E-state index contributed by atoms with van der Waals surface area (Å²) in [5.41, 5.74) is 4.16. The lowest BCUT2D eigenvalue weighted by Crippen LogP contribution is -2.19. The minimum atomic E-state index is 0.0635. The monoisotopic (exact) mass is 454 g/mol. The van der Waals surface area contributed by atoms with E-state index in [0.29, 0.717) is 6.42 Å². The molecule has 174 valence electrons. The van der Waals surface area contributed by atoms with Crippen LogP contribution in [0.3, 0.4) is 0 Å². The van der Waals surface area contributed by atoms with E-state index in [1.807, 2.05) is 54.6 Å². The van der Waals surface area contributed by atoms with Crippen LogP contribution in [0, 0.1) is 5.92 Å². The molecule has 34 heavy (non-hydrogen) atoms. The lowest BCUT2D eigenvalue weighted by atomic mass is 9.76. The van der Waals surface area contributed by atoms with Gasteiger partial charge in [-0.15, -0.1) is 0 Å². The number of phenols is 4. The topological polar surface area (TPSA) is 80.9 Å². The number of rotatable bonds is 9. The van der Waals surface area contributed by atoms with E-state index in [1.54, 1.807) is 42.5 Å². The lowest BCUT2D eigenvalue weighted by Gasteiger charge is -2.29. The van der Waals surface area contributed by atoms with Gasteiger partial charge < -0.3 is 20.4 Å². The minimum Gasteiger partial charge on any atom is -0.508 e. The predicted molar refractivity (Wildman–Crippen MR) is 134 cm³/mol. The molecule has 0 saturated carbocycles. The van der Waals surface area contributed by atoms with Crippen LogP contribution in [0.25, 0.3) is 0 Å². The van der Waals surface area contributed by atoms with E-state index in [4.69, 9.17) is 0 Å². The van der Waals surface area contributed by atoms with Gasteiger partial charge in [0.25, 0.3) is 0 Å². The Balaban J connectivity index is 1.70. The summed E-state index contributed by atoms with van der Waals surface area (Å²) in [4.78, 5) is 0. The molecule has 0 unspecified atom stereocenters. The third-order valence-electron chi connectivity index (χ3n) is 6.36. The first kappa shape index (κ1) is 23.2. The SMILES string of the molecule is Oc1cccc(CC[C@@H](Cc2cccc(O)c2)[C@H](Cc2cccc(O)c2)c2cccc(O)c2)c1. The van der Waals surface area contributed by atoms with Gasteiger partial charge in [-0.2, -0.15) is 0 Å². The Morgan fingerprint density at radius 3 is 1.53 bits per heavy atom. The van der Waals surface area contributed by atoms with Gasteiger partial charge in [-0.1, -0.05) is 48.5 Å². The summed E-state index contributed by atoms with van der Waals surface area (Å²) < 4.78 is 0. The summed E-state index contributed by atoms with van der Waals surface area (Å²) >= 11 is 0. The Morgan fingerprint density at radius 2 is 0.971 bits per heavy atom. The molecule has 0 aromatic heterocycles. The average Bonchev–Trinajstić information content (AvgIpc) is 2.80. The van der Waals surface area contributed by atoms with E-state index in [2.05, 4.69) is 0 Å². The summed E-state index contributed by atoms with van der Waals surface area (Å²) in [5, 5.41) is 40.2. The third kappa shape index (κ3) is 6.32. The highest BCUT2D eigenvalue weighted by atomic mass is 16.3. The van der Waals surface area contributed by atoms with Crippen molar-refractivity contribution in [1.29, 1.82) is 0 Å². The van der Waals surface area contributed by atoms with E-state index in [0.717, 1.165) is 41.5 Å². The Morgan fingerprint density at radius 1 is 0.500 bits per heavy atom. The Hall–Kier alpha value is -3.92. The number of hydrogen-bond acceptors (Lipinski definition) is 4. The highest BCUT2D eigenvalue weighted by molar-refractivity contribution is 5.35.